The van der Waals surface area contributed by atoms with Crippen molar-refractivity contribution in [3.8, 4) is 0 Å². The molecule has 0 saturated heterocycles. The number of aliphatic hydroxyl groups excluding tert-OH is 2. The van der Waals surface area contributed by atoms with E-state index in [4.69, 9.17) is 14.9 Å². The Labute approximate surface area is 113 Å². The summed E-state index contributed by atoms with van der Waals surface area (Å²) in [5, 5.41) is 18.3. The molecular weight excluding hydrogens is 254 g/mol. The number of aliphatic hydroxyl groups is 2. The van der Waals surface area contributed by atoms with Crippen LogP contribution in [0.5, 0.6) is 0 Å². The number of nitrogens with one attached hydrogen (secondary N) is 1. The first-order chi connectivity index (χ1) is 8.74. The Morgan fingerprint density at radius 2 is 1.84 bits per heavy atom. The van der Waals surface area contributed by atoms with Gasteiger partial charge >= 0.3 is 12.1 Å². The van der Waals surface area contributed by atoms with Gasteiger partial charge in [0, 0.05) is 5.57 Å². The van der Waals surface area contributed by atoms with Gasteiger partial charge in [-0.1, -0.05) is 6.58 Å². The second-order valence-electron chi connectivity index (χ2n) is 3.72. The fraction of sp³-hybridized carbons (Fsp3) is 0.667. The summed E-state index contributed by atoms with van der Waals surface area (Å²) in [5.41, 5.74) is 0.280. The molecular formula is C12H23NO6. The third kappa shape index (κ3) is 14.3. The van der Waals surface area contributed by atoms with Crippen LogP contribution in [0, 0.1) is 0 Å². The van der Waals surface area contributed by atoms with Gasteiger partial charge in [-0.15, -0.1) is 0 Å². The van der Waals surface area contributed by atoms with E-state index in [2.05, 4.69) is 16.6 Å². The summed E-state index contributed by atoms with van der Waals surface area (Å²) in [5.74, 6) is -0.547. The zero-order chi connectivity index (χ0) is 15.4. The molecule has 2 unspecified atom stereocenters. The lowest BCUT2D eigenvalue weighted by atomic mass is 10.4. The van der Waals surface area contributed by atoms with E-state index in [1.54, 1.807) is 6.92 Å². The zero-order valence-electron chi connectivity index (χ0n) is 11.8. The minimum atomic E-state index is -0.724. The largest absolute Gasteiger partial charge is 0.450 e. The van der Waals surface area contributed by atoms with Crippen LogP contribution >= 0.6 is 0 Å². The molecule has 1 amide bonds. The van der Waals surface area contributed by atoms with Crippen molar-refractivity contribution in [2.24, 2.45) is 0 Å². The molecule has 3 N–H and O–H groups in total. The van der Waals surface area contributed by atoms with Crippen LogP contribution in [0.15, 0.2) is 12.2 Å². The second kappa shape index (κ2) is 11.5. The Morgan fingerprint density at radius 1 is 1.37 bits per heavy atom. The van der Waals surface area contributed by atoms with Gasteiger partial charge in [-0.05, 0) is 27.7 Å². The summed E-state index contributed by atoms with van der Waals surface area (Å²) in [6, 6.07) is 0. The molecule has 112 valence electrons. The first-order valence-electron chi connectivity index (χ1n) is 5.83. The summed E-state index contributed by atoms with van der Waals surface area (Å²) < 4.78 is 9.37. The van der Waals surface area contributed by atoms with Crippen LogP contribution in [0.4, 0.5) is 4.79 Å². The molecule has 7 heteroatoms. The molecule has 0 spiro atoms. The fourth-order valence-electron chi connectivity index (χ4n) is 0.629. The monoisotopic (exact) mass is 277 g/mol. The van der Waals surface area contributed by atoms with Crippen LogP contribution in [0.1, 0.15) is 27.7 Å². The van der Waals surface area contributed by atoms with Crippen molar-refractivity contribution in [3.05, 3.63) is 12.2 Å². The molecule has 0 bridgehead atoms. The van der Waals surface area contributed by atoms with Crippen molar-refractivity contribution in [2.75, 3.05) is 13.2 Å². The first-order valence-corrected chi connectivity index (χ1v) is 5.83. The van der Waals surface area contributed by atoms with Crippen LogP contribution in [0.3, 0.4) is 0 Å². The van der Waals surface area contributed by atoms with E-state index in [1.807, 2.05) is 0 Å². The van der Waals surface area contributed by atoms with Crippen molar-refractivity contribution < 1.29 is 29.3 Å². The summed E-state index contributed by atoms with van der Waals surface area (Å²) in [4.78, 5) is 21.8. The van der Waals surface area contributed by atoms with Gasteiger partial charge in [0.2, 0.25) is 0 Å². The van der Waals surface area contributed by atoms with Crippen molar-refractivity contribution in [1.29, 1.82) is 0 Å². The van der Waals surface area contributed by atoms with Gasteiger partial charge in [0.25, 0.3) is 0 Å². The number of hydrogen-bond donors (Lipinski definition) is 3. The Morgan fingerprint density at radius 3 is 2.16 bits per heavy atom. The Hall–Kier alpha value is -1.60. The van der Waals surface area contributed by atoms with Gasteiger partial charge in [-0.3, -0.25) is 5.32 Å². The molecule has 0 heterocycles. The number of carbonyl (C=O) groups is 2. The molecule has 0 fully saturated rings. The number of hydrogen-bond acceptors (Lipinski definition) is 6. The standard InChI is InChI=1S/C9H15NO4.C3H8O2/c1-5-13-9(12)10-7(4)14-8(11)6(2)3;1-3(5)2-4/h7H,2,5H2,1,3-4H3,(H,10,12);3-5H,2H2,1H3. The molecule has 0 radical (unpaired) electrons. The lowest BCUT2D eigenvalue weighted by molar-refractivity contribution is -0.144. The van der Waals surface area contributed by atoms with E-state index in [-0.39, 0.29) is 18.8 Å². The SMILES string of the molecule is C=C(C)C(=O)OC(C)NC(=O)OCC.CC(O)CO. The lowest BCUT2D eigenvalue weighted by Crippen LogP contribution is -2.36. The van der Waals surface area contributed by atoms with Crippen LogP contribution in [-0.4, -0.2) is 47.8 Å². The topological polar surface area (TPSA) is 105 Å². The number of rotatable bonds is 5. The normalized spacial score (nSPS) is 12.3. The number of amides is 1. The van der Waals surface area contributed by atoms with Crippen molar-refractivity contribution in [1.82, 2.24) is 5.32 Å². The summed E-state index contributed by atoms with van der Waals surface area (Å²) in [6.07, 6.45) is -1.90. The maximum Gasteiger partial charge on any atom is 0.409 e. The first kappa shape index (κ1) is 19.7. The van der Waals surface area contributed by atoms with Gasteiger partial charge in [0.15, 0.2) is 6.23 Å². The van der Waals surface area contributed by atoms with Crippen molar-refractivity contribution >= 4 is 12.1 Å². The molecule has 0 rings (SSSR count). The van der Waals surface area contributed by atoms with Crippen LogP contribution in [0.25, 0.3) is 0 Å². The maximum absolute atomic E-state index is 11.0. The van der Waals surface area contributed by atoms with Crippen LogP contribution < -0.4 is 5.32 Å². The van der Waals surface area contributed by atoms with E-state index in [0.717, 1.165) is 0 Å². The minimum absolute atomic E-state index is 0.139. The summed E-state index contributed by atoms with van der Waals surface area (Å²) in [7, 11) is 0. The Kier molecular flexibility index (Phi) is 11.9. The number of esters is 1. The van der Waals surface area contributed by atoms with E-state index < -0.39 is 24.4 Å². The minimum Gasteiger partial charge on any atom is -0.450 e. The summed E-state index contributed by atoms with van der Waals surface area (Å²) in [6.45, 7) is 9.80. The van der Waals surface area contributed by atoms with Crippen LogP contribution in [-0.2, 0) is 14.3 Å². The molecule has 0 aliphatic rings. The number of carbonyl (C=O) groups excluding carboxylic acids is 2. The highest BCUT2D eigenvalue weighted by atomic mass is 16.6. The predicted octanol–water partition coefficient (Wildman–Crippen LogP) is 0.557. The van der Waals surface area contributed by atoms with Crippen molar-refractivity contribution in [3.63, 3.8) is 0 Å². The molecule has 19 heavy (non-hydrogen) atoms. The van der Waals surface area contributed by atoms with Gasteiger partial charge in [0.05, 0.1) is 19.3 Å². The van der Waals surface area contributed by atoms with E-state index in [1.165, 1.54) is 20.8 Å². The molecule has 0 saturated carbocycles. The van der Waals surface area contributed by atoms with Gasteiger partial charge in [-0.25, -0.2) is 9.59 Å². The van der Waals surface area contributed by atoms with E-state index in [0.29, 0.717) is 0 Å². The number of alkyl carbamates (subject to hydrolysis) is 1. The average Bonchev–Trinajstić information content (AvgIpc) is 2.29. The second-order valence-corrected chi connectivity index (χ2v) is 3.72. The smallest absolute Gasteiger partial charge is 0.409 e. The quantitative estimate of drug-likeness (QED) is 0.385. The van der Waals surface area contributed by atoms with E-state index >= 15 is 0 Å². The van der Waals surface area contributed by atoms with E-state index in [9.17, 15) is 9.59 Å². The van der Waals surface area contributed by atoms with Gasteiger partial charge in [-0.2, -0.15) is 0 Å². The van der Waals surface area contributed by atoms with Crippen LogP contribution in [0.2, 0.25) is 0 Å². The third-order valence-corrected chi connectivity index (χ3v) is 1.49. The molecule has 0 aromatic carbocycles. The average molecular weight is 277 g/mol. The molecule has 2 atom stereocenters. The van der Waals surface area contributed by atoms with Gasteiger partial charge < -0.3 is 19.7 Å². The summed E-state index contributed by atoms with van der Waals surface area (Å²) >= 11 is 0. The molecule has 0 aromatic rings. The number of ether oxygens (including phenoxy) is 2. The molecule has 0 aliphatic carbocycles. The highest BCUT2D eigenvalue weighted by Crippen LogP contribution is 1.96. The highest BCUT2D eigenvalue weighted by molar-refractivity contribution is 5.87. The Balaban J connectivity index is 0. The fourth-order valence-corrected chi connectivity index (χ4v) is 0.629. The third-order valence-electron chi connectivity index (χ3n) is 1.49. The maximum atomic E-state index is 11.0. The molecule has 0 aromatic heterocycles. The molecule has 7 nitrogen and oxygen atoms in total. The van der Waals surface area contributed by atoms with Gasteiger partial charge in [0.1, 0.15) is 0 Å². The lowest BCUT2D eigenvalue weighted by Gasteiger charge is -2.14. The highest BCUT2D eigenvalue weighted by Gasteiger charge is 2.12. The van der Waals surface area contributed by atoms with Crippen molar-refractivity contribution in [2.45, 2.75) is 40.0 Å². The Bertz CT molecular complexity index is 290. The molecule has 0 aliphatic heterocycles. The zero-order valence-corrected chi connectivity index (χ0v) is 11.8. The predicted molar refractivity (Wildman–Crippen MR) is 69.3 cm³/mol.